The van der Waals surface area contributed by atoms with Gasteiger partial charge in [-0.3, -0.25) is 0 Å². The first-order chi connectivity index (χ1) is 9.70. The van der Waals surface area contributed by atoms with Gasteiger partial charge in [0.2, 0.25) is 0 Å². The third-order valence-corrected chi connectivity index (χ3v) is 5.77. The molecule has 0 fully saturated rings. The minimum absolute atomic E-state index is 0.199. The number of benzene rings is 2. The molecule has 0 heterocycles. The molecule has 1 atom stereocenters. The van der Waals surface area contributed by atoms with Crippen molar-refractivity contribution in [3.05, 3.63) is 68.7 Å². The molecule has 0 bridgehead atoms. The van der Waals surface area contributed by atoms with Crippen molar-refractivity contribution < 1.29 is 0 Å². The van der Waals surface area contributed by atoms with Crippen molar-refractivity contribution in [2.24, 2.45) is 0 Å². The van der Waals surface area contributed by atoms with Crippen molar-refractivity contribution in [2.75, 3.05) is 0 Å². The van der Waals surface area contributed by atoms with Gasteiger partial charge in [0.05, 0.1) is 4.83 Å². The van der Waals surface area contributed by atoms with Gasteiger partial charge in [-0.2, -0.15) is 0 Å². The summed E-state index contributed by atoms with van der Waals surface area (Å²) in [6.07, 6.45) is 0. The number of hydrogen-bond donors (Lipinski definition) is 0. The molecule has 0 saturated carbocycles. The molecule has 0 nitrogen and oxygen atoms in total. The summed E-state index contributed by atoms with van der Waals surface area (Å²) in [6.45, 7) is 11.0. The van der Waals surface area contributed by atoms with Crippen LogP contribution < -0.4 is 0 Å². The second-order valence-corrected chi connectivity index (χ2v) is 8.46. The summed E-state index contributed by atoms with van der Waals surface area (Å²) < 4.78 is 1.17. The minimum Gasteiger partial charge on any atom is -0.0786 e. The summed E-state index contributed by atoms with van der Waals surface area (Å²) in [5, 5.41) is 0. The smallest absolute Gasteiger partial charge is 0.0647 e. The molecule has 0 saturated heterocycles. The van der Waals surface area contributed by atoms with Crippen LogP contribution in [0.2, 0.25) is 0 Å². The second kappa shape index (κ2) is 6.26. The Morgan fingerprint density at radius 2 is 1.48 bits per heavy atom. The number of hydrogen-bond acceptors (Lipinski definition) is 0. The summed E-state index contributed by atoms with van der Waals surface area (Å²) in [6, 6.07) is 13.4. The van der Waals surface area contributed by atoms with Gasteiger partial charge in [0.1, 0.15) is 0 Å². The lowest BCUT2D eigenvalue weighted by Gasteiger charge is -2.21. The second-order valence-electron chi connectivity index (χ2n) is 6.69. The van der Waals surface area contributed by atoms with E-state index in [9.17, 15) is 0 Å². The first-order valence-corrected chi connectivity index (χ1v) is 8.92. The summed E-state index contributed by atoms with van der Waals surface area (Å²) in [5.74, 6) is 0. The van der Waals surface area contributed by atoms with E-state index in [0.717, 1.165) is 0 Å². The SMILES string of the molecule is Cc1cc(C(Br)c2ccc(C(C)(C)C)cc2)c(C)cc1Br. The molecule has 2 heteroatoms. The van der Waals surface area contributed by atoms with Gasteiger partial charge in [-0.15, -0.1) is 0 Å². The van der Waals surface area contributed by atoms with E-state index in [2.05, 4.69) is 103 Å². The standard InChI is InChI=1S/C19H22Br2/c1-12-11-17(20)13(2)10-16(12)18(21)14-6-8-15(9-7-14)19(3,4)5/h6-11,18H,1-5H3. The molecule has 0 N–H and O–H groups in total. The van der Waals surface area contributed by atoms with E-state index in [1.54, 1.807) is 0 Å². The van der Waals surface area contributed by atoms with Crippen molar-refractivity contribution in [3.8, 4) is 0 Å². The fraction of sp³-hybridized carbons (Fsp3) is 0.368. The molecule has 112 valence electrons. The first kappa shape index (κ1) is 16.8. The zero-order valence-corrected chi connectivity index (χ0v) is 16.5. The van der Waals surface area contributed by atoms with Gasteiger partial charge in [-0.1, -0.05) is 83.0 Å². The highest BCUT2D eigenvalue weighted by Gasteiger charge is 2.17. The molecule has 21 heavy (non-hydrogen) atoms. The highest BCUT2D eigenvalue weighted by Crippen LogP contribution is 2.36. The average molecular weight is 410 g/mol. The van der Waals surface area contributed by atoms with Crippen LogP contribution in [0.3, 0.4) is 0 Å². The Labute approximate surface area is 145 Å². The van der Waals surface area contributed by atoms with Crippen LogP contribution in [0.25, 0.3) is 0 Å². The van der Waals surface area contributed by atoms with E-state index in [1.807, 2.05) is 0 Å². The molecule has 0 spiro atoms. The third kappa shape index (κ3) is 3.78. The van der Waals surface area contributed by atoms with Crippen LogP contribution in [0.15, 0.2) is 40.9 Å². The molecule has 0 aromatic heterocycles. The van der Waals surface area contributed by atoms with Gasteiger partial charge >= 0.3 is 0 Å². The maximum atomic E-state index is 3.86. The minimum atomic E-state index is 0.199. The number of halogens is 2. The lowest BCUT2D eigenvalue weighted by Crippen LogP contribution is -2.10. The third-order valence-electron chi connectivity index (χ3n) is 3.89. The van der Waals surface area contributed by atoms with Gasteiger partial charge in [0, 0.05) is 4.47 Å². The van der Waals surface area contributed by atoms with E-state index in [0.29, 0.717) is 0 Å². The van der Waals surface area contributed by atoms with Crippen LogP contribution in [-0.2, 0) is 5.41 Å². The monoisotopic (exact) mass is 408 g/mol. The Kier molecular flexibility index (Phi) is 4.99. The summed E-state index contributed by atoms with van der Waals surface area (Å²) in [4.78, 5) is 0.235. The molecule has 2 aromatic rings. The fourth-order valence-corrected chi connectivity index (χ4v) is 3.66. The van der Waals surface area contributed by atoms with Crippen LogP contribution >= 0.6 is 31.9 Å². The molecular formula is C19H22Br2. The highest BCUT2D eigenvalue weighted by molar-refractivity contribution is 9.10. The van der Waals surface area contributed by atoms with E-state index in [1.165, 1.54) is 32.3 Å². The van der Waals surface area contributed by atoms with Crippen molar-refractivity contribution in [1.29, 1.82) is 0 Å². The average Bonchev–Trinajstić information content (AvgIpc) is 2.41. The lowest BCUT2D eigenvalue weighted by molar-refractivity contribution is 0.590. The largest absolute Gasteiger partial charge is 0.0786 e. The van der Waals surface area contributed by atoms with E-state index >= 15 is 0 Å². The van der Waals surface area contributed by atoms with Crippen LogP contribution in [0.1, 0.15) is 53.4 Å². The maximum Gasteiger partial charge on any atom is 0.0647 e. The summed E-state index contributed by atoms with van der Waals surface area (Å²) in [7, 11) is 0. The lowest BCUT2D eigenvalue weighted by atomic mass is 9.86. The van der Waals surface area contributed by atoms with Crippen molar-refractivity contribution in [2.45, 2.75) is 44.9 Å². The molecule has 2 rings (SSSR count). The van der Waals surface area contributed by atoms with Crippen molar-refractivity contribution >= 4 is 31.9 Å². The number of rotatable bonds is 2. The maximum absolute atomic E-state index is 3.86. The van der Waals surface area contributed by atoms with Gasteiger partial charge in [0.25, 0.3) is 0 Å². The zero-order chi connectivity index (χ0) is 15.8. The first-order valence-electron chi connectivity index (χ1n) is 7.21. The van der Waals surface area contributed by atoms with E-state index in [-0.39, 0.29) is 10.2 Å². The van der Waals surface area contributed by atoms with Gasteiger partial charge in [0.15, 0.2) is 0 Å². The van der Waals surface area contributed by atoms with Gasteiger partial charge in [-0.25, -0.2) is 0 Å². The molecule has 2 aromatic carbocycles. The van der Waals surface area contributed by atoms with Crippen LogP contribution in [0, 0.1) is 13.8 Å². The summed E-state index contributed by atoms with van der Waals surface area (Å²) >= 11 is 7.46. The number of alkyl halides is 1. The van der Waals surface area contributed by atoms with Gasteiger partial charge in [-0.05, 0) is 53.1 Å². The van der Waals surface area contributed by atoms with Crippen LogP contribution in [0.5, 0.6) is 0 Å². The molecule has 0 amide bonds. The van der Waals surface area contributed by atoms with Crippen LogP contribution in [0.4, 0.5) is 0 Å². The highest BCUT2D eigenvalue weighted by atomic mass is 79.9. The van der Waals surface area contributed by atoms with Crippen molar-refractivity contribution in [3.63, 3.8) is 0 Å². The molecule has 1 unspecified atom stereocenters. The van der Waals surface area contributed by atoms with Crippen molar-refractivity contribution in [1.82, 2.24) is 0 Å². The van der Waals surface area contributed by atoms with Gasteiger partial charge < -0.3 is 0 Å². The normalized spacial score (nSPS) is 13.3. The predicted octanol–water partition coefficient (Wildman–Crippen LogP) is 6.85. The zero-order valence-electron chi connectivity index (χ0n) is 13.3. The Bertz CT molecular complexity index is 634. The Hall–Kier alpha value is -0.600. The molecule has 0 aliphatic heterocycles. The molecule has 0 radical (unpaired) electrons. The molecule has 0 aliphatic rings. The molecule has 0 aliphatic carbocycles. The van der Waals surface area contributed by atoms with E-state index in [4.69, 9.17) is 0 Å². The Balaban J connectivity index is 2.36. The molecular weight excluding hydrogens is 388 g/mol. The quantitative estimate of drug-likeness (QED) is 0.475. The number of aryl methyl sites for hydroxylation is 2. The Morgan fingerprint density at radius 1 is 0.905 bits per heavy atom. The topological polar surface area (TPSA) is 0 Å². The van der Waals surface area contributed by atoms with E-state index < -0.39 is 0 Å². The fourth-order valence-electron chi connectivity index (χ4n) is 2.41. The van der Waals surface area contributed by atoms with Crippen LogP contribution in [-0.4, -0.2) is 0 Å². The summed E-state index contributed by atoms with van der Waals surface area (Å²) in [5.41, 5.74) is 6.77. The Morgan fingerprint density at radius 3 is 2.00 bits per heavy atom. The predicted molar refractivity (Wildman–Crippen MR) is 99.5 cm³/mol.